The molecule has 1 aliphatic heterocycles. The van der Waals surface area contributed by atoms with Gasteiger partial charge in [-0.2, -0.15) is 0 Å². The minimum atomic E-state index is -0.501. The molecular weight excluding hydrogens is 274 g/mol. The lowest BCUT2D eigenvalue weighted by molar-refractivity contribution is -0.157. The molecule has 1 unspecified atom stereocenters. The minimum absolute atomic E-state index is 0.0223. The maximum absolute atomic E-state index is 13.1. The number of likely N-dealkylation sites (tertiary alicyclic amines) is 1. The lowest BCUT2D eigenvalue weighted by Gasteiger charge is -2.34. The van der Waals surface area contributed by atoms with Gasteiger partial charge in [0.25, 0.3) is 0 Å². The first-order valence-electron chi connectivity index (χ1n) is 8.56. The Kier molecular flexibility index (Phi) is 4.53. The summed E-state index contributed by atoms with van der Waals surface area (Å²) in [5.41, 5.74) is 0.608. The molecule has 2 aliphatic rings. The lowest BCUT2D eigenvalue weighted by Crippen LogP contribution is -2.42. The predicted octanol–water partition coefficient (Wildman–Crippen LogP) is 3.38. The van der Waals surface area contributed by atoms with E-state index >= 15 is 0 Å². The van der Waals surface area contributed by atoms with E-state index in [1.807, 2.05) is 18.2 Å². The zero-order valence-electron chi connectivity index (χ0n) is 13.8. The van der Waals surface area contributed by atoms with Gasteiger partial charge in [0.1, 0.15) is 6.10 Å². The molecule has 0 amide bonds. The summed E-state index contributed by atoms with van der Waals surface area (Å²) in [6.45, 7) is 3.98. The highest BCUT2D eigenvalue weighted by molar-refractivity contribution is 5.83. The van der Waals surface area contributed by atoms with Crippen LogP contribution in [0.25, 0.3) is 0 Å². The maximum atomic E-state index is 13.1. The smallest absolute Gasteiger partial charge is 0.316 e. The number of ether oxygens (including phenoxy) is 1. The van der Waals surface area contributed by atoms with Crippen LogP contribution < -0.4 is 0 Å². The van der Waals surface area contributed by atoms with E-state index in [1.165, 1.54) is 12.8 Å². The normalized spacial score (nSPS) is 26.0. The Hall–Kier alpha value is -1.35. The van der Waals surface area contributed by atoms with Crippen LogP contribution in [-0.4, -0.2) is 37.1 Å². The van der Waals surface area contributed by atoms with Crippen molar-refractivity contribution in [2.24, 2.45) is 5.92 Å². The molecule has 0 spiro atoms. The molecular formula is C19H27NO2. The number of likely N-dealkylation sites (N-methyl/N-ethyl adjacent to an activating group) is 1. The van der Waals surface area contributed by atoms with E-state index in [0.717, 1.165) is 37.9 Å². The average molecular weight is 301 g/mol. The number of carbonyl (C=O) groups is 1. The molecule has 1 aliphatic carbocycles. The summed E-state index contributed by atoms with van der Waals surface area (Å²) in [5, 5.41) is 0. The molecule has 1 heterocycles. The SMILES string of the molecule is CN1CCC(OC(=O)[C@@](C)(c2ccccc2)C2CCCC2)C1. The van der Waals surface area contributed by atoms with Gasteiger partial charge in [0.05, 0.1) is 5.41 Å². The van der Waals surface area contributed by atoms with Crippen LogP contribution in [0.2, 0.25) is 0 Å². The van der Waals surface area contributed by atoms with Crippen LogP contribution >= 0.6 is 0 Å². The first-order chi connectivity index (χ1) is 10.6. The second kappa shape index (κ2) is 6.41. The lowest BCUT2D eigenvalue weighted by atomic mass is 9.71. The fraction of sp³-hybridized carbons (Fsp3) is 0.632. The molecule has 3 nitrogen and oxygen atoms in total. The van der Waals surface area contributed by atoms with Gasteiger partial charge in [-0.3, -0.25) is 4.79 Å². The van der Waals surface area contributed by atoms with Crippen LogP contribution in [0.1, 0.15) is 44.6 Å². The van der Waals surface area contributed by atoms with Crippen molar-refractivity contribution in [1.82, 2.24) is 4.90 Å². The van der Waals surface area contributed by atoms with Crippen LogP contribution in [0.4, 0.5) is 0 Å². The summed E-state index contributed by atoms with van der Waals surface area (Å²) >= 11 is 0. The van der Waals surface area contributed by atoms with Crippen LogP contribution in [0.5, 0.6) is 0 Å². The Morgan fingerprint density at radius 3 is 2.45 bits per heavy atom. The van der Waals surface area contributed by atoms with Gasteiger partial charge in [-0.05, 0) is 44.7 Å². The van der Waals surface area contributed by atoms with Gasteiger partial charge >= 0.3 is 5.97 Å². The summed E-state index contributed by atoms with van der Waals surface area (Å²) in [6.07, 6.45) is 5.73. The molecule has 0 N–H and O–H groups in total. The number of esters is 1. The maximum Gasteiger partial charge on any atom is 0.316 e. The van der Waals surface area contributed by atoms with Gasteiger partial charge in [-0.25, -0.2) is 0 Å². The second-order valence-corrected chi connectivity index (χ2v) is 7.13. The highest BCUT2D eigenvalue weighted by Gasteiger charge is 2.46. The highest BCUT2D eigenvalue weighted by Crippen LogP contribution is 2.43. The molecule has 0 bridgehead atoms. The molecule has 1 saturated heterocycles. The molecule has 3 heteroatoms. The van der Waals surface area contributed by atoms with Crippen molar-refractivity contribution in [2.75, 3.05) is 20.1 Å². The van der Waals surface area contributed by atoms with E-state index in [2.05, 4.69) is 31.0 Å². The Morgan fingerprint density at radius 2 is 1.86 bits per heavy atom. The third-order valence-electron chi connectivity index (χ3n) is 5.59. The zero-order chi connectivity index (χ0) is 15.6. The molecule has 3 rings (SSSR count). The Morgan fingerprint density at radius 1 is 1.18 bits per heavy atom. The van der Waals surface area contributed by atoms with Gasteiger partial charge in [0, 0.05) is 13.1 Å². The summed E-state index contributed by atoms with van der Waals surface area (Å²) in [5.74, 6) is 0.382. The third-order valence-corrected chi connectivity index (χ3v) is 5.59. The average Bonchev–Trinajstić information content (AvgIpc) is 3.19. The number of carbonyl (C=O) groups excluding carboxylic acids is 1. The Balaban J connectivity index is 1.83. The largest absolute Gasteiger partial charge is 0.460 e. The van der Waals surface area contributed by atoms with Gasteiger partial charge in [0.2, 0.25) is 0 Å². The molecule has 2 fully saturated rings. The highest BCUT2D eigenvalue weighted by atomic mass is 16.5. The van der Waals surface area contributed by atoms with Crippen molar-refractivity contribution in [1.29, 1.82) is 0 Å². The minimum Gasteiger partial charge on any atom is -0.460 e. The van der Waals surface area contributed by atoms with Crippen LogP contribution in [-0.2, 0) is 14.9 Å². The van der Waals surface area contributed by atoms with E-state index < -0.39 is 5.41 Å². The van der Waals surface area contributed by atoms with Gasteiger partial charge in [-0.15, -0.1) is 0 Å². The molecule has 120 valence electrons. The Bertz CT molecular complexity index is 509. The zero-order valence-corrected chi connectivity index (χ0v) is 13.8. The third kappa shape index (κ3) is 2.91. The topological polar surface area (TPSA) is 29.5 Å². The molecule has 1 saturated carbocycles. The number of nitrogens with zero attached hydrogens (tertiary/aromatic N) is 1. The summed E-state index contributed by atoms with van der Waals surface area (Å²) in [7, 11) is 2.08. The molecule has 22 heavy (non-hydrogen) atoms. The molecule has 2 atom stereocenters. The van der Waals surface area contributed by atoms with Crippen molar-refractivity contribution in [3.63, 3.8) is 0 Å². The molecule has 1 aromatic rings. The van der Waals surface area contributed by atoms with Gasteiger partial charge < -0.3 is 9.64 Å². The quantitative estimate of drug-likeness (QED) is 0.799. The molecule has 1 aromatic carbocycles. The monoisotopic (exact) mass is 301 g/mol. The standard InChI is InChI=1S/C19H27NO2/c1-19(16-10-6-7-11-16,15-8-4-3-5-9-15)18(21)22-17-12-13-20(2)14-17/h3-5,8-9,16-17H,6-7,10-14H2,1-2H3/t17?,19-/m0/s1. The number of rotatable bonds is 4. The fourth-order valence-electron chi connectivity index (χ4n) is 4.07. The van der Waals surface area contributed by atoms with Crippen LogP contribution in [0.3, 0.4) is 0 Å². The summed E-state index contributed by atoms with van der Waals surface area (Å²) in [6, 6.07) is 10.2. The predicted molar refractivity (Wildman–Crippen MR) is 87.7 cm³/mol. The van der Waals surface area contributed by atoms with Crippen molar-refractivity contribution >= 4 is 5.97 Å². The van der Waals surface area contributed by atoms with Gasteiger partial charge in [-0.1, -0.05) is 43.2 Å². The molecule has 0 radical (unpaired) electrons. The van der Waals surface area contributed by atoms with Crippen molar-refractivity contribution in [2.45, 2.75) is 50.5 Å². The van der Waals surface area contributed by atoms with Crippen molar-refractivity contribution < 1.29 is 9.53 Å². The van der Waals surface area contributed by atoms with Gasteiger partial charge in [0.15, 0.2) is 0 Å². The van der Waals surface area contributed by atoms with Crippen LogP contribution in [0.15, 0.2) is 30.3 Å². The van der Waals surface area contributed by atoms with Crippen molar-refractivity contribution in [3.8, 4) is 0 Å². The number of benzene rings is 1. The first kappa shape index (κ1) is 15.5. The van der Waals surface area contributed by atoms with E-state index in [-0.39, 0.29) is 12.1 Å². The summed E-state index contributed by atoms with van der Waals surface area (Å²) in [4.78, 5) is 15.3. The fourth-order valence-corrected chi connectivity index (χ4v) is 4.07. The van der Waals surface area contributed by atoms with E-state index in [9.17, 15) is 4.79 Å². The second-order valence-electron chi connectivity index (χ2n) is 7.13. The first-order valence-corrected chi connectivity index (χ1v) is 8.56. The Labute approximate surface area is 133 Å². The summed E-state index contributed by atoms with van der Waals surface area (Å²) < 4.78 is 5.93. The number of hydrogen-bond acceptors (Lipinski definition) is 3. The van der Waals surface area contributed by atoms with Crippen molar-refractivity contribution in [3.05, 3.63) is 35.9 Å². The molecule has 0 aromatic heterocycles. The van der Waals surface area contributed by atoms with Crippen LogP contribution in [0, 0.1) is 5.92 Å². The van der Waals surface area contributed by atoms with E-state index in [4.69, 9.17) is 4.74 Å². The van der Waals surface area contributed by atoms with E-state index in [0.29, 0.717) is 5.92 Å². The number of hydrogen-bond donors (Lipinski definition) is 0. The van der Waals surface area contributed by atoms with E-state index in [1.54, 1.807) is 0 Å².